The second-order valence-corrected chi connectivity index (χ2v) is 2.85. The summed E-state index contributed by atoms with van der Waals surface area (Å²) in [4.78, 5) is 0. The van der Waals surface area contributed by atoms with Crippen molar-refractivity contribution in [2.24, 2.45) is 0 Å². The van der Waals surface area contributed by atoms with E-state index in [-0.39, 0.29) is 0 Å². The highest BCUT2D eigenvalue weighted by Crippen LogP contribution is 2.15. The van der Waals surface area contributed by atoms with Gasteiger partial charge in [-0.3, -0.25) is 0 Å². The van der Waals surface area contributed by atoms with Crippen molar-refractivity contribution in [2.75, 3.05) is 11.9 Å². The van der Waals surface area contributed by atoms with E-state index in [9.17, 15) is 0 Å². The van der Waals surface area contributed by atoms with Gasteiger partial charge in [-0.05, 0) is 32.4 Å². The summed E-state index contributed by atoms with van der Waals surface area (Å²) in [6.45, 7) is 11.3. The summed E-state index contributed by atoms with van der Waals surface area (Å²) in [7, 11) is 0. The molecule has 0 saturated heterocycles. The molecule has 0 bridgehead atoms. The smallest absolute Gasteiger partial charge is 0.0369 e. The van der Waals surface area contributed by atoms with Gasteiger partial charge in [0.15, 0.2) is 0 Å². The van der Waals surface area contributed by atoms with E-state index >= 15 is 0 Å². The van der Waals surface area contributed by atoms with Crippen LogP contribution in [0.15, 0.2) is 18.2 Å². The third-order valence-corrected chi connectivity index (χ3v) is 1.75. The summed E-state index contributed by atoms with van der Waals surface area (Å²) in [5.74, 6) is 0. The van der Waals surface area contributed by atoms with Crippen molar-refractivity contribution in [2.45, 2.75) is 34.6 Å². The summed E-state index contributed by atoms with van der Waals surface area (Å²) in [5.41, 5.74) is 3.90. The van der Waals surface area contributed by atoms with Crippen molar-refractivity contribution in [3.05, 3.63) is 29.3 Å². The van der Waals surface area contributed by atoms with Crippen molar-refractivity contribution in [3.8, 4) is 0 Å². The Kier molecular flexibility index (Phi) is 6.03. The molecule has 0 atom stereocenters. The van der Waals surface area contributed by atoms with E-state index in [1.807, 2.05) is 13.8 Å². The molecule has 0 aliphatic heterocycles. The fraction of sp³-hybridized carbons (Fsp3) is 0.500. The first-order valence-electron chi connectivity index (χ1n) is 5.05. The summed E-state index contributed by atoms with van der Waals surface area (Å²) >= 11 is 0. The zero-order valence-electron chi connectivity index (χ0n) is 9.44. The van der Waals surface area contributed by atoms with Crippen LogP contribution in [0, 0.1) is 13.8 Å². The van der Waals surface area contributed by atoms with Gasteiger partial charge in [0.05, 0.1) is 0 Å². The second-order valence-electron chi connectivity index (χ2n) is 2.85. The number of benzene rings is 1. The Morgan fingerprint density at radius 1 is 1.15 bits per heavy atom. The lowest BCUT2D eigenvalue weighted by atomic mass is 10.1. The van der Waals surface area contributed by atoms with Gasteiger partial charge in [0.25, 0.3) is 0 Å². The molecule has 1 heteroatoms. The first-order chi connectivity index (χ1) is 6.24. The molecule has 1 aromatic rings. The molecule has 74 valence electrons. The van der Waals surface area contributed by atoms with Gasteiger partial charge in [0, 0.05) is 12.2 Å². The number of rotatable bonds is 2. The summed E-state index contributed by atoms with van der Waals surface area (Å²) in [6, 6.07) is 6.46. The standard InChI is InChI=1S/C10H15N.C2H6/c1-4-11-10-6-5-8(2)7-9(10)3;1-2/h5-7,11H,4H2,1-3H3;1-2H3. The van der Waals surface area contributed by atoms with Crippen LogP contribution in [0.5, 0.6) is 0 Å². The molecule has 0 unspecified atom stereocenters. The first-order valence-corrected chi connectivity index (χ1v) is 5.05. The molecular weight excluding hydrogens is 158 g/mol. The van der Waals surface area contributed by atoms with Crippen LogP contribution in [0.2, 0.25) is 0 Å². The van der Waals surface area contributed by atoms with Gasteiger partial charge < -0.3 is 5.32 Å². The minimum absolute atomic E-state index is 0.990. The minimum atomic E-state index is 0.990. The van der Waals surface area contributed by atoms with Gasteiger partial charge in [0.1, 0.15) is 0 Å². The van der Waals surface area contributed by atoms with Crippen LogP contribution in [0.1, 0.15) is 31.9 Å². The average molecular weight is 179 g/mol. The van der Waals surface area contributed by atoms with Gasteiger partial charge in [-0.2, -0.15) is 0 Å². The zero-order chi connectivity index (χ0) is 10.3. The Labute approximate surface area is 82.2 Å². The molecule has 0 aromatic heterocycles. The Hall–Kier alpha value is -0.980. The summed E-state index contributed by atoms with van der Waals surface area (Å²) < 4.78 is 0. The normalized spacial score (nSPS) is 8.69. The maximum Gasteiger partial charge on any atom is 0.0369 e. The van der Waals surface area contributed by atoms with Gasteiger partial charge in [-0.25, -0.2) is 0 Å². The maximum absolute atomic E-state index is 3.30. The molecule has 1 N–H and O–H groups in total. The summed E-state index contributed by atoms with van der Waals surface area (Å²) in [6.07, 6.45) is 0. The molecule has 0 saturated carbocycles. The Bertz CT molecular complexity index is 241. The first kappa shape index (κ1) is 12.0. The summed E-state index contributed by atoms with van der Waals surface area (Å²) in [5, 5.41) is 3.30. The maximum atomic E-state index is 3.30. The highest BCUT2D eigenvalue weighted by Gasteiger charge is 1.94. The minimum Gasteiger partial charge on any atom is -0.385 e. The van der Waals surface area contributed by atoms with E-state index in [0.29, 0.717) is 0 Å². The lowest BCUT2D eigenvalue weighted by Crippen LogP contribution is -1.98. The number of aryl methyl sites for hydroxylation is 2. The van der Waals surface area contributed by atoms with Crippen molar-refractivity contribution >= 4 is 5.69 Å². The largest absolute Gasteiger partial charge is 0.385 e. The lowest BCUT2D eigenvalue weighted by Gasteiger charge is -2.07. The molecule has 0 fully saturated rings. The Morgan fingerprint density at radius 2 is 1.77 bits per heavy atom. The SMILES string of the molecule is CC.CCNc1ccc(C)cc1C. The van der Waals surface area contributed by atoms with Gasteiger partial charge in [-0.15, -0.1) is 0 Å². The number of hydrogen-bond acceptors (Lipinski definition) is 1. The monoisotopic (exact) mass is 179 g/mol. The van der Waals surface area contributed by atoms with E-state index in [2.05, 4.69) is 44.3 Å². The topological polar surface area (TPSA) is 12.0 Å². The quantitative estimate of drug-likeness (QED) is 0.729. The van der Waals surface area contributed by atoms with Crippen molar-refractivity contribution in [3.63, 3.8) is 0 Å². The van der Waals surface area contributed by atoms with Gasteiger partial charge in [-0.1, -0.05) is 31.5 Å². The fourth-order valence-corrected chi connectivity index (χ4v) is 1.20. The predicted octanol–water partition coefficient (Wildman–Crippen LogP) is 3.76. The van der Waals surface area contributed by atoms with Crippen LogP contribution < -0.4 is 5.32 Å². The van der Waals surface area contributed by atoms with E-state index in [4.69, 9.17) is 0 Å². The van der Waals surface area contributed by atoms with Crippen LogP contribution in [0.3, 0.4) is 0 Å². The van der Waals surface area contributed by atoms with Crippen LogP contribution in [-0.4, -0.2) is 6.54 Å². The highest BCUT2D eigenvalue weighted by atomic mass is 14.9. The predicted molar refractivity (Wildman–Crippen MR) is 61.4 cm³/mol. The van der Waals surface area contributed by atoms with Crippen molar-refractivity contribution < 1.29 is 0 Å². The molecule has 0 amide bonds. The van der Waals surface area contributed by atoms with Gasteiger partial charge in [0.2, 0.25) is 0 Å². The van der Waals surface area contributed by atoms with Crippen LogP contribution in [-0.2, 0) is 0 Å². The molecule has 0 spiro atoms. The second kappa shape index (κ2) is 6.53. The van der Waals surface area contributed by atoms with Crippen molar-refractivity contribution in [1.29, 1.82) is 0 Å². The van der Waals surface area contributed by atoms with E-state index < -0.39 is 0 Å². The zero-order valence-corrected chi connectivity index (χ0v) is 9.44. The molecular formula is C12H21N. The number of hydrogen-bond donors (Lipinski definition) is 1. The Morgan fingerprint density at radius 3 is 2.23 bits per heavy atom. The molecule has 1 nitrogen and oxygen atoms in total. The third kappa shape index (κ3) is 3.97. The van der Waals surface area contributed by atoms with Crippen LogP contribution in [0.25, 0.3) is 0 Å². The molecule has 0 aliphatic rings. The molecule has 13 heavy (non-hydrogen) atoms. The van der Waals surface area contributed by atoms with E-state index in [1.54, 1.807) is 0 Å². The van der Waals surface area contributed by atoms with E-state index in [0.717, 1.165) is 6.54 Å². The molecule has 0 radical (unpaired) electrons. The van der Waals surface area contributed by atoms with Crippen LogP contribution in [0.4, 0.5) is 5.69 Å². The van der Waals surface area contributed by atoms with Crippen LogP contribution >= 0.6 is 0 Å². The molecule has 1 aromatic carbocycles. The molecule has 0 heterocycles. The number of anilines is 1. The highest BCUT2D eigenvalue weighted by molar-refractivity contribution is 5.51. The van der Waals surface area contributed by atoms with Crippen molar-refractivity contribution in [1.82, 2.24) is 0 Å². The Balaban J connectivity index is 0.000000671. The molecule has 0 aliphatic carbocycles. The third-order valence-electron chi connectivity index (χ3n) is 1.75. The van der Waals surface area contributed by atoms with Gasteiger partial charge >= 0.3 is 0 Å². The molecule has 1 rings (SSSR count). The van der Waals surface area contributed by atoms with E-state index in [1.165, 1.54) is 16.8 Å². The lowest BCUT2D eigenvalue weighted by molar-refractivity contribution is 1.19. The fourth-order valence-electron chi connectivity index (χ4n) is 1.20. The average Bonchev–Trinajstić information content (AvgIpc) is 2.14. The number of nitrogens with one attached hydrogen (secondary N) is 1.